The van der Waals surface area contributed by atoms with E-state index in [1.165, 1.54) is 12.1 Å². The number of urea groups is 1. The molecular weight excluding hydrogens is 271 g/mol. The second-order valence-electron chi connectivity index (χ2n) is 5.50. The minimum absolute atomic E-state index is 0.129. The van der Waals surface area contributed by atoms with Crippen molar-refractivity contribution < 1.29 is 13.9 Å². The molecule has 5 heteroatoms. The quantitative estimate of drug-likeness (QED) is 0.792. The van der Waals surface area contributed by atoms with Gasteiger partial charge in [-0.05, 0) is 49.8 Å². The number of amides is 2. The number of benzene rings is 1. The van der Waals surface area contributed by atoms with E-state index in [4.69, 9.17) is 4.74 Å². The standard InChI is InChI=1S/C16H23FN2O2/c1-21-15-8-7-14(11-15)19-16(20)18-9-3-5-12-4-2-6-13(17)10-12/h2,4,6,10,14-15H,3,5,7-9,11H2,1H3,(H2,18,19,20)/t14-,15-/m1/s1. The van der Waals surface area contributed by atoms with E-state index in [0.29, 0.717) is 6.54 Å². The number of carbonyl (C=O) groups excluding carboxylic acids is 1. The summed E-state index contributed by atoms with van der Waals surface area (Å²) in [5, 5.41) is 5.80. The van der Waals surface area contributed by atoms with Crippen LogP contribution in [-0.2, 0) is 11.2 Å². The van der Waals surface area contributed by atoms with Crippen LogP contribution in [0.2, 0.25) is 0 Å². The number of nitrogens with one attached hydrogen (secondary N) is 2. The maximum absolute atomic E-state index is 13.0. The number of aryl methyl sites for hydroxylation is 1. The largest absolute Gasteiger partial charge is 0.381 e. The molecule has 0 unspecified atom stereocenters. The molecule has 0 saturated heterocycles. The number of rotatable bonds is 6. The lowest BCUT2D eigenvalue weighted by Crippen LogP contribution is -2.41. The highest BCUT2D eigenvalue weighted by Gasteiger charge is 2.25. The van der Waals surface area contributed by atoms with E-state index < -0.39 is 0 Å². The number of hydrogen-bond donors (Lipinski definition) is 2. The van der Waals surface area contributed by atoms with Gasteiger partial charge in [0.2, 0.25) is 0 Å². The fourth-order valence-corrected chi connectivity index (χ4v) is 2.71. The second-order valence-corrected chi connectivity index (χ2v) is 5.50. The monoisotopic (exact) mass is 294 g/mol. The fraction of sp³-hybridized carbons (Fsp3) is 0.562. The summed E-state index contributed by atoms with van der Waals surface area (Å²) >= 11 is 0. The first-order valence-corrected chi connectivity index (χ1v) is 7.49. The van der Waals surface area contributed by atoms with Gasteiger partial charge in [-0.2, -0.15) is 0 Å². The highest BCUT2D eigenvalue weighted by Crippen LogP contribution is 2.21. The molecule has 1 aliphatic rings. The fourth-order valence-electron chi connectivity index (χ4n) is 2.71. The number of methoxy groups -OCH3 is 1. The highest BCUT2D eigenvalue weighted by atomic mass is 19.1. The van der Waals surface area contributed by atoms with Crippen LogP contribution in [0.1, 0.15) is 31.2 Å². The summed E-state index contributed by atoms with van der Waals surface area (Å²) in [6.07, 6.45) is 4.67. The van der Waals surface area contributed by atoms with E-state index in [9.17, 15) is 9.18 Å². The molecule has 1 saturated carbocycles. The van der Waals surface area contributed by atoms with E-state index in [1.807, 2.05) is 6.07 Å². The van der Waals surface area contributed by atoms with E-state index in [-0.39, 0.29) is 24.0 Å². The molecule has 0 aliphatic heterocycles. The van der Waals surface area contributed by atoms with E-state index >= 15 is 0 Å². The molecule has 1 aliphatic carbocycles. The summed E-state index contributed by atoms with van der Waals surface area (Å²) in [5.41, 5.74) is 0.955. The molecule has 0 bridgehead atoms. The van der Waals surface area contributed by atoms with Gasteiger partial charge in [0.25, 0.3) is 0 Å². The van der Waals surface area contributed by atoms with Crippen molar-refractivity contribution in [3.05, 3.63) is 35.6 Å². The lowest BCUT2D eigenvalue weighted by Gasteiger charge is -2.13. The van der Waals surface area contributed by atoms with Crippen molar-refractivity contribution in [2.45, 2.75) is 44.2 Å². The van der Waals surface area contributed by atoms with Gasteiger partial charge < -0.3 is 15.4 Å². The summed E-state index contributed by atoms with van der Waals surface area (Å²) in [4.78, 5) is 11.7. The molecule has 2 amide bonds. The van der Waals surface area contributed by atoms with E-state index in [1.54, 1.807) is 13.2 Å². The third kappa shape index (κ3) is 5.34. The zero-order chi connectivity index (χ0) is 15.1. The van der Waals surface area contributed by atoms with Crippen molar-refractivity contribution in [2.75, 3.05) is 13.7 Å². The molecule has 0 radical (unpaired) electrons. The maximum atomic E-state index is 13.0. The number of carbonyl (C=O) groups is 1. The minimum atomic E-state index is -0.216. The van der Waals surface area contributed by atoms with Gasteiger partial charge in [-0.15, -0.1) is 0 Å². The number of ether oxygens (including phenoxy) is 1. The van der Waals surface area contributed by atoms with E-state index in [2.05, 4.69) is 10.6 Å². The van der Waals surface area contributed by atoms with Gasteiger partial charge in [-0.3, -0.25) is 0 Å². The highest BCUT2D eigenvalue weighted by molar-refractivity contribution is 5.74. The Hall–Kier alpha value is -1.62. The summed E-state index contributed by atoms with van der Waals surface area (Å²) < 4.78 is 18.3. The van der Waals surface area contributed by atoms with Gasteiger partial charge in [-0.1, -0.05) is 12.1 Å². The molecule has 4 nitrogen and oxygen atoms in total. The summed E-state index contributed by atoms with van der Waals surface area (Å²) in [5.74, 6) is -0.216. The van der Waals surface area contributed by atoms with Crippen LogP contribution in [0, 0.1) is 5.82 Å². The predicted molar refractivity (Wildman–Crippen MR) is 79.7 cm³/mol. The van der Waals surface area contributed by atoms with Gasteiger partial charge >= 0.3 is 6.03 Å². The van der Waals surface area contributed by atoms with Gasteiger partial charge in [0.15, 0.2) is 0 Å². The summed E-state index contributed by atoms with van der Waals surface area (Å²) in [7, 11) is 1.71. The molecule has 1 aromatic rings. The van der Waals surface area contributed by atoms with Crippen molar-refractivity contribution in [1.29, 1.82) is 0 Å². The van der Waals surface area contributed by atoms with Crippen LogP contribution in [0.15, 0.2) is 24.3 Å². The molecule has 2 atom stereocenters. The van der Waals surface area contributed by atoms with Crippen LogP contribution in [0.3, 0.4) is 0 Å². The molecule has 21 heavy (non-hydrogen) atoms. The Kier molecular flexibility index (Phi) is 5.99. The molecule has 1 fully saturated rings. The lowest BCUT2D eigenvalue weighted by atomic mass is 10.1. The van der Waals surface area contributed by atoms with Crippen molar-refractivity contribution in [3.8, 4) is 0 Å². The first-order valence-electron chi connectivity index (χ1n) is 7.49. The maximum Gasteiger partial charge on any atom is 0.315 e. The Morgan fingerprint density at radius 3 is 3.00 bits per heavy atom. The molecular formula is C16H23FN2O2. The molecule has 2 N–H and O–H groups in total. The topological polar surface area (TPSA) is 50.4 Å². The van der Waals surface area contributed by atoms with Crippen LogP contribution in [0.5, 0.6) is 0 Å². The first kappa shape index (κ1) is 15.8. The average molecular weight is 294 g/mol. The third-order valence-corrected chi connectivity index (χ3v) is 3.87. The lowest BCUT2D eigenvalue weighted by molar-refractivity contribution is 0.107. The van der Waals surface area contributed by atoms with Crippen LogP contribution in [-0.4, -0.2) is 31.8 Å². The van der Waals surface area contributed by atoms with Crippen molar-refractivity contribution in [2.24, 2.45) is 0 Å². The Morgan fingerprint density at radius 1 is 1.43 bits per heavy atom. The Labute approximate surface area is 125 Å². The van der Waals surface area contributed by atoms with Crippen LogP contribution >= 0.6 is 0 Å². The summed E-state index contributed by atoms with van der Waals surface area (Å²) in [6, 6.07) is 6.64. The Morgan fingerprint density at radius 2 is 2.29 bits per heavy atom. The zero-order valence-electron chi connectivity index (χ0n) is 12.4. The first-order chi connectivity index (χ1) is 10.2. The second kappa shape index (κ2) is 7.98. The SMILES string of the molecule is CO[C@@H]1CC[C@@H](NC(=O)NCCCc2cccc(F)c2)C1. The van der Waals surface area contributed by atoms with Gasteiger partial charge in [0.1, 0.15) is 5.82 Å². The molecule has 0 aromatic heterocycles. The van der Waals surface area contributed by atoms with Gasteiger partial charge in [0, 0.05) is 19.7 Å². The third-order valence-electron chi connectivity index (χ3n) is 3.87. The van der Waals surface area contributed by atoms with Crippen molar-refractivity contribution in [3.63, 3.8) is 0 Å². The Balaban J connectivity index is 1.59. The molecule has 0 heterocycles. The number of halogens is 1. The average Bonchev–Trinajstić information content (AvgIpc) is 2.91. The van der Waals surface area contributed by atoms with Crippen LogP contribution in [0.4, 0.5) is 9.18 Å². The molecule has 0 spiro atoms. The number of hydrogen-bond acceptors (Lipinski definition) is 2. The predicted octanol–water partition coefficient (Wildman–Crippen LogP) is 2.63. The molecule has 116 valence electrons. The van der Waals surface area contributed by atoms with E-state index in [0.717, 1.165) is 37.7 Å². The minimum Gasteiger partial charge on any atom is -0.381 e. The van der Waals surface area contributed by atoms with Crippen molar-refractivity contribution in [1.82, 2.24) is 10.6 Å². The zero-order valence-corrected chi connectivity index (χ0v) is 12.4. The molecule has 1 aromatic carbocycles. The normalized spacial score (nSPS) is 21.2. The Bertz CT molecular complexity index is 467. The molecule has 2 rings (SSSR count). The van der Waals surface area contributed by atoms with Gasteiger partial charge in [-0.25, -0.2) is 9.18 Å². The van der Waals surface area contributed by atoms with Crippen LogP contribution < -0.4 is 10.6 Å². The van der Waals surface area contributed by atoms with Crippen LogP contribution in [0.25, 0.3) is 0 Å². The smallest absolute Gasteiger partial charge is 0.315 e. The van der Waals surface area contributed by atoms with Gasteiger partial charge in [0.05, 0.1) is 6.10 Å². The van der Waals surface area contributed by atoms with Crippen molar-refractivity contribution >= 4 is 6.03 Å². The summed E-state index contributed by atoms with van der Waals surface area (Å²) in [6.45, 7) is 0.586.